The van der Waals surface area contributed by atoms with Crippen LogP contribution in [0.15, 0.2) is 53.5 Å². The smallest absolute Gasteiger partial charge is 0.250 e. The summed E-state index contributed by atoms with van der Waals surface area (Å²) in [5.74, 6) is -0.367. The predicted molar refractivity (Wildman–Crippen MR) is 83.3 cm³/mol. The summed E-state index contributed by atoms with van der Waals surface area (Å²) in [6.45, 7) is 1.80. The Morgan fingerprint density at radius 1 is 1.09 bits per heavy atom. The molecule has 1 aromatic heterocycles. The molecule has 114 valence electrons. The highest BCUT2D eigenvalue weighted by Crippen LogP contribution is 2.09. The Hall–Kier alpha value is -2.89. The third-order valence-corrected chi connectivity index (χ3v) is 2.98. The molecular formula is C16H17N3O3. The number of hydrogen-bond donors (Lipinski definition) is 2. The third kappa shape index (κ3) is 4.59. The normalized spacial score (nSPS) is 10.0. The maximum absolute atomic E-state index is 11.8. The van der Waals surface area contributed by atoms with Crippen LogP contribution in [0.1, 0.15) is 12.5 Å². The number of hydrogen-bond acceptors (Lipinski definition) is 3. The first kappa shape index (κ1) is 15.5. The molecule has 6 nitrogen and oxygen atoms in total. The van der Waals surface area contributed by atoms with E-state index in [1.807, 2.05) is 12.1 Å². The molecule has 0 saturated carbocycles. The van der Waals surface area contributed by atoms with Crippen LogP contribution in [0, 0.1) is 0 Å². The Kier molecular flexibility index (Phi) is 5.08. The van der Waals surface area contributed by atoms with Gasteiger partial charge in [0, 0.05) is 31.4 Å². The number of amides is 2. The van der Waals surface area contributed by atoms with Crippen molar-refractivity contribution in [2.24, 2.45) is 0 Å². The molecule has 2 rings (SSSR count). The first-order valence-corrected chi connectivity index (χ1v) is 6.83. The van der Waals surface area contributed by atoms with Crippen LogP contribution in [0.3, 0.4) is 0 Å². The third-order valence-electron chi connectivity index (χ3n) is 2.98. The zero-order valence-corrected chi connectivity index (χ0v) is 12.2. The van der Waals surface area contributed by atoms with Crippen LogP contribution >= 0.6 is 0 Å². The lowest BCUT2D eigenvalue weighted by Gasteiger charge is -2.08. The number of anilines is 1. The van der Waals surface area contributed by atoms with Gasteiger partial charge in [-0.25, -0.2) is 0 Å². The first-order valence-electron chi connectivity index (χ1n) is 6.83. The molecule has 0 aliphatic rings. The van der Waals surface area contributed by atoms with Gasteiger partial charge in [-0.05, 0) is 23.8 Å². The van der Waals surface area contributed by atoms with Crippen LogP contribution in [-0.4, -0.2) is 16.4 Å². The maximum atomic E-state index is 11.8. The molecule has 0 aliphatic heterocycles. The summed E-state index contributed by atoms with van der Waals surface area (Å²) in [4.78, 5) is 34.2. The second-order valence-electron chi connectivity index (χ2n) is 4.82. The van der Waals surface area contributed by atoms with Gasteiger partial charge in [-0.15, -0.1) is 0 Å². The number of carbonyl (C=O) groups excluding carboxylic acids is 2. The van der Waals surface area contributed by atoms with E-state index in [0.717, 1.165) is 5.56 Å². The lowest BCUT2D eigenvalue weighted by atomic mass is 10.2. The fourth-order valence-electron chi connectivity index (χ4n) is 1.91. The van der Waals surface area contributed by atoms with Crippen molar-refractivity contribution in [2.75, 3.05) is 5.32 Å². The average molecular weight is 299 g/mol. The maximum Gasteiger partial charge on any atom is 0.250 e. The van der Waals surface area contributed by atoms with Gasteiger partial charge in [-0.3, -0.25) is 14.4 Å². The van der Waals surface area contributed by atoms with Gasteiger partial charge in [0.05, 0.1) is 0 Å². The molecule has 1 heterocycles. The Balaban J connectivity index is 1.87. The fourth-order valence-corrected chi connectivity index (χ4v) is 1.91. The lowest BCUT2D eigenvalue weighted by molar-refractivity contribution is -0.121. The van der Waals surface area contributed by atoms with E-state index in [9.17, 15) is 14.4 Å². The quantitative estimate of drug-likeness (QED) is 0.868. The number of aromatic nitrogens is 1. The van der Waals surface area contributed by atoms with Crippen LogP contribution in [0.2, 0.25) is 0 Å². The van der Waals surface area contributed by atoms with Gasteiger partial charge >= 0.3 is 0 Å². The van der Waals surface area contributed by atoms with Gasteiger partial charge in [-0.2, -0.15) is 0 Å². The zero-order chi connectivity index (χ0) is 15.9. The molecule has 0 fully saturated rings. The molecule has 6 heteroatoms. The van der Waals surface area contributed by atoms with Crippen molar-refractivity contribution in [1.29, 1.82) is 0 Å². The monoisotopic (exact) mass is 299 g/mol. The minimum absolute atomic E-state index is 0.0103. The molecule has 0 spiro atoms. The molecule has 0 aliphatic carbocycles. The second-order valence-corrected chi connectivity index (χ2v) is 4.82. The van der Waals surface area contributed by atoms with E-state index in [-0.39, 0.29) is 23.9 Å². The molecule has 0 unspecified atom stereocenters. The van der Waals surface area contributed by atoms with E-state index in [1.165, 1.54) is 17.6 Å². The molecule has 2 amide bonds. The highest BCUT2D eigenvalue weighted by molar-refractivity contribution is 5.88. The van der Waals surface area contributed by atoms with E-state index >= 15 is 0 Å². The molecule has 22 heavy (non-hydrogen) atoms. The summed E-state index contributed by atoms with van der Waals surface area (Å²) < 4.78 is 1.34. The Labute approximate surface area is 127 Å². The minimum Gasteiger partial charge on any atom is -0.350 e. The van der Waals surface area contributed by atoms with Crippen molar-refractivity contribution in [3.05, 3.63) is 64.6 Å². The standard InChI is InChI=1S/C16H17N3O3/c1-12(20)18-14-7-5-13(6-8-14)10-17-15(21)11-19-9-3-2-4-16(19)22/h2-9H,10-11H2,1H3,(H,17,21)(H,18,20). The van der Waals surface area contributed by atoms with Gasteiger partial charge in [0.2, 0.25) is 11.8 Å². The average Bonchev–Trinajstić information content (AvgIpc) is 2.48. The van der Waals surface area contributed by atoms with Gasteiger partial charge in [0.25, 0.3) is 5.56 Å². The number of rotatable bonds is 5. The number of nitrogens with one attached hydrogen (secondary N) is 2. The Bertz CT molecular complexity index is 720. The number of nitrogens with zero attached hydrogens (tertiary/aromatic N) is 1. The molecule has 0 atom stereocenters. The second kappa shape index (κ2) is 7.21. The van der Waals surface area contributed by atoms with E-state index < -0.39 is 0 Å². The number of benzene rings is 1. The summed E-state index contributed by atoms with van der Waals surface area (Å²) >= 11 is 0. The van der Waals surface area contributed by atoms with Crippen LogP contribution in [-0.2, 0) is 22.7 Å². The van der Waals surface area contributed by atoms with Gasteiger partial charge < -0.3 is 15.2 Å². The topological polar surface area (TPSA) is 80.2 Å². The van der Waals surface area contributed by atoms with E-state index in [2.05, 4.69) is 10.6 Å². The van der Waals surface area contributed by atoms with Crippen molar-refractivity contribution in [3.63, 3.8) is 0 Å². The van der Waals surface area contributed by atoms with E-state index in [1.54, 1.807) is 30.5 Å². The summed E-state index contributed by atoms with van der Waals surface area (Å²) in [5.41, 5.74) is 1.40. The van der Waals surface area contributed by atoms with Crippen molar-refractivity contribution < 1.29 is 9.59 Å². The van der Waals surface area contributed by atoms with Gasteiger partial charge in [0.15, 0.2) is 0 Å². The molecule has 0 radical (unpaired) electrons. The summed E-state index contributed by atoms with van der Waals surface area (Å²) in [5, 5.41) is 5.42. The molecular weight excluding hydrogens is 282 g/mol. The summed E-state index contributed by atoms with van der Waals surface area (Å²) in [6.07, 6.45) is 1.57. The van der Waals surface area contributed by atoms with Crippen LogP contribution in [0.4, 0.5) is 5.69 Å². The predicted octanol–water partition coefficient (Wildman–Crippen LogP) is 1.12. The van der Waals surface area contributed by atoms with Gasteiger partial charge in [-0.1, -0.05) is 18.2 Å². The van der Waals surface area contributed by atoms with Gasteiger partial charge in [0.1, 0.15) is 6.54 Å². The fraction of sp³-hybridized carbons (Fsp3) is 0.188. The number of carbonyl (C=O) groups is 2. The molecule has 0 saturated heterocycles. The highest BCUT2D eigenvalue weighted by Gasteiger charge is 2.04. The number of pyridine rings is 1. The molecule has 2 aromatic rings. The van der Waals surface area contributed by atoms with E-state index in [4.69, 9.17) is 0 Å². The summed E-state index contributed by atoms with van der Waals surface area (Å²) in [7, 11) is 0. The van der Waals surface area contributed by atoms with Crippen LogP contribution in [0.25, 0.3) is 0 Å². The van der Waals surface area contributed by atoms with Crippen molar-refractivity contribution in [1.82, 2.24) is 9.88 Å². The van der Waals surface area contributed by atoms with Crippen molar-refractivity contribution >= 4 is 17.5 Å². The lowest BCUT2D eigenvalue weighted by Crippen LogP contribution is -2.31. The minimum atomic E-state index is -0.237. The largest absolute Gasteiger partial charge is 0.350 e. The van der Waals surface area contributed by atoms with Crippen molar-refractivity contribution in [2.45, 2.75) is 20.0 Å². The summed E-state index contributed by atoms with van der Waals surface area (Å²) in [6, 6.07) is 11.9. The highest BCUT2D eigenvalue weighted by atomic mass is 16.2. The van der Waals surface area contributed by atoms with Crippen molar-refractivity contribution in [3.8, 4) is 0 Å². The molecule has 0 bridgehead atoms. The zero-order valence-electron chi connectivity index (χ0n) is 12.2. The Morgan fingerprint density at radius 3 is 2.45 bits per heavy atom. The van der Waals surface area contributed by atoms with E-state index in [0.29, 0.717) is 12.2 Å². The SMILES string of the molecule is CC(=O)Nc1ccc(CNC(=O)Cn2ccccc2=O)cc1. The molecule has 1 aromatic carbocycles. The van der Waals surface area contributed by atoms with Crippen LogP contribution < -0.4 is 16.2 Å². The Morgan fingerprint density at radius 2 is 1.82 bits per heavy atom. The van der Waals surface area contributed by atoms with Crippen LogP contribution in [0.5, 0.6) is 0 Å². The molecule has 2 N–H and O–H groups in total. The first-order chi connectivity index (χ1) is 10.5.